The minimum atomic E-state index is -0.584. The van der Waals surface area contributed by atoms with Crippen LogP contribution in [-0.4, -0.2) is 9.97 Å². The van der Waals surface area contributed by atoms with Gasteiger partial charge in [-0.1, -0.05) is 0 Å². The zero-order valence-electron chi connectivity index (χ0n) is 6.54. The molecule has 0 spiro atoms. The number of rotatable bonds is 0. The van der Waals surface area contributed by atoms with Crippen molar-refractivity contribution in [2.45, 2.75) is 0 Å². The second-order valence-electron chi connectivity index (χ2n) is 2.62. The second kappa shape index (κ2) is 2.55. The molecular weight excluding hydrogens is 173 g/mol. The molecule has 0 aliphatic heterocycles. The van der Waals surface area contributed by atoms with Gasteiger partial charge in [0.2, 0.25) is 5.56 Å². The van der Waals surface area contributed by atoms with E-state index in [0.29, 0.717) is 11.0 Å². The van der Waals surface area contributed by atoms with E-state index in [0.717, 1.165) is 0 Å². The first-order valence-corrected chi connectivity index (χ1v) is 3.62. The normalized spacial score (nSPS) is 10.5. The van der Waals surface area contributed by atoms with Crippen molar-refractivity contribution >= 4 is 16.9 Å². The quantitative estimate of drug-likeness (QED) is 0.623. The number of anilines is 1. The highest BCUT2D eigenvalue weighted by molar-refractivity contribution is 5.75. The predicted molar refractivity (Wildman–Crippen MR) is 46.7 cm³/mol. The van der Waals surface area contributed by atoms with Gasteiger partial charge in [-0.2, -0.15) is 0 Å². The molecule has 3 N–H and O–H groups in total. The molecule has 0 fully saturated rings. The predicted octanol–water partition coefficient (Wildman–Crippen LogP) is 0.644. The van der Waals surface area contributed by atoms with Crippen LogP contribution in [0.2, 0.25) is 0 Å². The van der Waals surface area contributed by atoms with Crippen molar-refractivity contribution in [1.82, 2.24) is 9.97 Å². The van der Waals surface area contributed by atoms with E-state index in [4.69, 9.17) is 5.73 Å². The van der Waals surface area contributed by atoms with Gasteiger partial charge in [0.25, 0.3) is 0 Å². The van der Waals surface area contributed by atoms with Crippen LogP contribution >= 0.6 is 0 Å². The molecule has 2 rings (SSSR count). The molecule has 0 aliphatic rings. The van der Waals surface area contributed by atoms with Gasteiger partial charge < -0.3 is 10.7 Å². The molecule has 2 aromatic heterocycles. The Bertz CT molecular complexity index is 520. The summed E-state index contributed by atoms with van der Waals surface area (Å²) in [4.78, 5) is 17.0. The number of fused-ring (bicyclic) bond motifs is 1. The standard InChI is InChI=1S/C8H6FN3O/c9-5-3-4-1-2-6(13)11-8(4)12-7(5)10/h1-3H,(H3,10,11,12,13). The van der Waals surface area contributed by atoms with Crippen molar-refractivity contribution in [3.8, 4) is 0 Å². The number of nitrogen functional groups attached to an aromatic ring is 1. The number of halogens is 1. The molecule has 5 heteroatoms. The van der Waals surface area contributed by atoms with E-state index in [1.54, 1.807) is 0 Å². The number of pyridine rings is 2. The van der Waals surface area contributed by atoms with Crippen molar-refractivity contribution in [3.63, 3.8) is 0 Å². The molecule has 2 aromatic rings. The van der Waals surface area contributed by atoms with Crippen molar-refractivity contribution < 1.29 is 4.39 Å². The van der Waals surface area contributed by atoms with Gasteiger partial charge in [-0.05, 0) is 12.1 Å². The number of aromatic nitrogens is 2. The van der Waals surface area contributed by atoms with Crippen molar-refractivity contribution in [2.24, 2.45) is 0 Å². The highest BCUT2D eigenvalue weighted by Crippen LogP contribution is 2.13. The number of aromatic amines is 1. The SMILES string of the molecule is Nc1nc2[nH]c(=O)ccc2cc1F. The second-order valence-corrected chi connectivity index (χ2v) is 2.62. The van der Waals surface area contributed by atoms with E-state index in [-0.39, 0.29) is 11.4 Å². The van der Waals surface area contributed by atoms with E-state index in [1.807, 2.05) is 0 Å². The fourth-order valence-corrected chi connectivity index (χ4v) is 1.07. The van der Waals surface area contributed by atoms with Crippen LogP contribution in [-0.2, 0) is 0 Å². The molecule has 2 heterocycles. The van der Waals surface area contributed by atoms with Crippen LogP contribution in [0.15, 0.2) is 23.0 Å². The summed E-state index contributed by atoms with van der Waals surface area (Å²) in [5, 5.41) is 0.520. The molecule has 0 saturated heterocycles. The smallest absolute Gasteiger partial charge is 0.249 e. The minimum Gasteiger partial charge on any atom is -0.381 e. The number of nitrogens with two attached hydrogens (primary N) is 1. The first-order valence-electron chi connectivity index (χ1n) is 3.62. The third-order valence-electron chi connectivity index (χ3n) is 1.69. The van der Waals surface area contributed by atoms with Gasteiger partial charge in [-0.3, -0.25) is 4.79 Å². The lowest BCUT2D eigenvalue weighted by atomic mass is 10.3. The lowest BCUT2D eigenvalue weighted by Crippen LogP contribution is -2.05. The summed E-state index contributed by atoms with van der Waals surface area (Å²) in [5.41, 5.74) is 5.24. The Morgan fingerprint density at radius 1 is 1.46 bits per heavy atom. The largest absolute Gasteiger partial charge is 0.381 e. The average molecular weight is 179 g/mol. The highest BCUT2D eigenvalue weighted by Gasteiger charge is 2.02. The minimum absolute atomic E-state index is 0.214. The van der Waals surface area contributed by atoms with E-state index < -0.39 is 5.82 Å². The van der Waals surface area contributed by atoms with E-state index >= 15 is 0 Å². The molecular formula is C8H6FN3O. The Labute approximate surface area is 72.2 Å². The lowest BCUT2D eigenvalue weighted by molar-refractivity contribution is 0.629. The van der Waals surface area contributed by atoms with Crippen LogP contribution in [0.1, 0.15) is 0 Å². The molecule has 0 atom stereocenters. The summed E-state index contributed by atoms with van der Waals surface area (Å²) in [6.45, 7) is 0. The molecule has 0 radical (unpaired) electrons. The van der Waals surface area contributed by atoms with Crippen LogP contribution in [0.3, 0.4) is 0 Å². The first kappa shape index (κ1) is 7.72. The number of nitrogens with zero attached hydrogens (tertiary/aromatic N) is 1. The van der Waals surface area contributed by atoms with E-state index in [9.17, 15) is 9.18 Å². The zero-order valence-corrected chi connectivity index (χ0v) is 6.54. The van der Waals surface area contributed by atoms with Crippen LogP contribution in [0, 0.1) is 5.82 Å². The highest BCUT2D eigenvalue weighted by atomic mass is 19.1. The monoisotopic (exact) mass is 179 g/mol. The Morgan fingerprint density at radius 2 is 2.23 bits per heavy atom. The number of hydrogen-bond acceptors (Lipinski definition) is 3. The average Bonchev–Trinajstić information content (AvgIpc) is 2.08. The molecule has 66 valence electrons. The maximum absolute atomic E-state index is 12.9. The van der Waals surface area contributed by atoms with Gasteiger partial charge in [-0.15, -0.1) is 0 Å². The number of H-pyrrole nitrogens is 1. The summed E-state index contributed by atoms with van der Waals surface area (Å²) in [6, 6.07) is 4.02. The zero-order chi connectivity index (χ0) is 9.42. The Morgan fingerprint density at radius 3 is 3.00 bits per heavy atom. The van der Waals surface area contributed by atoms with Gasteiger partial charge in [0, 0.05) is 11.5 Å². The van der Waals surface area contributed by atoms with E-state index in [2.05, 4.69) is 9.97 Å². The van der Waals surface area contributed by atoms with Crippen LogP contribution < -0.4 is 11.3 Å². The van der Waals surface area contributed by atoms with Gasteiger partial charge in [0.15, 0.2) is 11.6 Å². The van der Waals surface area contributed by atoms with Gasteiger partial charge in [0.05, 0.1) is 0 Å². The van der Waals surface area contributed by atoms with Crippen LogP contribution in [0.5, 0.6) is 0 Å². The summed E-state index contributed by atoms with van der Waals surface area (Å²) in [7, 11) is 0. The molecule has 0 aliphatic carbocycles. The lowest BCUT2D eigenvalue weighted by Gasteiger charge is -1.98. The summed E-state index contributed by atoms with van der Waals surface area (Å²) < 4.78 is 12.9. The van der Waals surface area contributed by atoms with Crippen molar-refractivity contribution in [1.29, 1.82) is 0 Å². The van der Waals surface area contributed by atoms with Crippen molar-refractivity contribution in [3.05, 3.63) is 34.4 Å². The summed E-state index contributed by atoms with van der Waals surface area (Å²) in [6.07, 6.45) is 0. The first-order chi connectivity index (χ1) is 6.16. The molecule has 4 nitrogen and oxygen atoms in total. The Kier molecular flexibility index (Phi) is 1.51. The van der Waals surface area contributed by atoms with Gasteiger partial charge in [-0.25, -0.2) is 9.37 Å². The van der Waals surface area contributed by atoms with Crippen molar-refractivity contribution in [2.75, 3.05) is 5.73 Å². The van der Waals surface area contributed by atoms with Gasteiger partial charge >= 0.3 is 0 Å². The fourth-order valence-electron chi connectivity index (χ4n) is 1.07. The molecule has 0 unspecified atom stereocenters. The number of nitrogens with one attached hydrogen (secondary N) is 1. The van der Waals surface area contributed by atoms with Crippen LogP contribution in [0.4, 0.5) is 10.2 Å². The maximum atomic E-state index is 12.9. The fraction of sp³-hybridized carbons (Fsp3) is 0. The molecule has 0 bridgehead atoms. The third-order valence-corrected chi connectivity index (χ3v) is 1.69. The van der Waals surface area contributed by atoms with Gasteiger partial charge in [0.1, 0.15) is 5.65 Å². The number of hydrogen-bond donors (Lipinski definition) is 2. The van der Waals surface area contributed by atoms with Crippen LogP contribution in [0.25, 0.3) is 11.0 Å². The topological polar surface area (TPSA) is 71.8 Å². The molecule has 13 heavy (non-hydrogen) atoms. The van der Waals surface area contributed by atoms with E-state index in [1.165, 1.54) is 18.2 Å². The summed E-state index contributed by atoms with van der Waals surface area (Å²) >= 11 is 0. The third kappa shape index (κ3) is 1.24. The Balaban J connectivity index is 2.89. The molecule has 0 saturated carbocycles. The Hall–Kier alpha value is -1.91. The maximum Gasteiger partial charge on any atom is 0.249 e. The molecule has 0 aromatic carbocycles. The molecule has 0 amide bonds. The summed E-state index contributed by atoms with van der Waals surface area (Å²) in [5.74, 6) is -0.797.